The molecule has 1 amide bonds. The lowest BCUT2D eigenvalue weighted by molar-refractivity contribution is -0.125. The number of aromatic nitrogens is 1. The van der Waals surface area contributed by atoms with Gasteiger partial charge < -0.3 is 10.2 Å². The first kappa shape index (κ1) is 16.5. The molecule has 0 atom stereocenters. The van der Waals surface area contributed by atoms with E-state index < -0.39 is 0 Å². The fraction of sp³-hybridized carbons (Fsp3) is 0.400. The van der Waals surface area contributed by atoms with Crippen LogP contribution in [-0.4, -0.2) is 24.0 Å². The van der Waals surface area contributed by atoms with Crippen molar-refractivity contribution in [2.75, 3.05) is 18.0 Å². The minimum absolute atomic E-state index is 0.123. The molecule has 1 saturated heterocycles. The maximum atomic E-state index is 12.4. The van der Waals surface area contributed by atoms with E-state index in [2.05, 4.69) is 46.4 Å². The number of pyridine rings is 1. The summed E-state index contributed by atoms with van der Waals surface area (Å²) in [7, 11) is 0. The highest BCUT2D eigenvalue weighted by molar-refractivity contribution is 5.79. The zero-order valence-electron chi connectivity index (χ0n) is 14.2. The number of hydrogen-bond acceptors (Lipinski definition) is 3. The average Bonchev–Trinajstić information content (AvgIpc) is 2.67. The maximum Gasteiger partial charge on any atom is 0.223 e. The van der Waals surface area contributed by atoms with Crippen molar-refractivity contribution in [3.63, 3.8) is 0 Å². The number of nitrogens with zero attached hydrogens (tertiary/aromatic N) is 2. The molecular formula is C20H25N3O. The molecule has 3 rings (SSSR count). The van der Waals surface area contributed by atoms with Crippen molar-refractivity contribution in [2.24, 2.45) is 5.92 Å². The van der Waals surface area contributed by atoms with Gasteiger partial charge in [-0.05, 0) is 42.5 Å². The van der Waals surface area contributed by atoms with Gasteiger partial charge in [-0.1, -0.05) is 31.2 Å². The Hall–Kier alpha value is -2.36. The van der Waals surface area contributed by atoms with E-state index >= 15 is 0 Å². The highest BCUT2D eigenvalue weighted by Crippen LogP contribution is 2.22. The zero-order valence-corrected chi connectivity index (χ0v) is 14.2. The molecule has 0 saturated carbocycles. The second-order valence-corrected chi connectivity index (χ2v) is 6.35. The summed E-state index contributed by atoms with van der Waals surface area (Å²) in [5.41, 5.74) is 3.68. The number of amides is 1. The molecule has 4 heteroatoms. The Balaban J connectivity index is 1.46. The molecule has 1 aliphatic heterocycles. The highest BCUT2D eigenvalue weighted by atomic mass is 16.1. The number of anilines is 1. The second kappa shape index (κ2) is 7.95. The normalized spacial score (nSPS) is 15.3. The first-order valence-corrected chi connectivity index (χ1v) is 8.76. The minimum atomic E-state index is 0.123. The standard InChI is InChI=1S/C20H25N3O/c1-2-16-3-5-17(6-4-16)15-22-20(24)18-9-13-23(14-10-18)19-7-11-21-12-8-19/h3-8,11-12,18H,2,9-10,13-15H2,1H3,(H,22,24). The van der Waals surface area contributed by atoms with Crippen LogP contribution < -0.4 is 10.2 Å². The van der Waals surface area contributed by atoms with E-state index in [0.29, 0.717) is 6.54 Å². The van der Waals surface area contributed by atoms with E-state index in [9.17, 15) is 4.79 Å². The highest BCUT2D eigenvalue weighted by Gasteiger charge is 2.24. The molecule has 24 heavy (non-hydrogen) atoms. The van der Waals surface area contributed by atoms with Gasteiger partial charge in [0.25, 0.3) is 0 Å². The predicted octanol–water partition coefficient (Wildman–Crippen LogP) is 3.18. The van der Waals surface area contributed by atoms with Crippen LogP contribution in [0.4, 0.5) is 5.69 Å². The third-order valence-electron chi connectivity index (χ3n) is 4.79. The smallest absolute Gasteiger partial charge is 0.223 e. The summed E-state index contributed by atoms with van der Waals surface area (Å²) in [6.07, 6.45) is 6.49. The van der Waals surface area contributed by atoms with Gasteiger partial charge in [-0.25, -0.2) is 0 Å². The van der Waals surface area contributed by atoms with Crippen LogP contribution in [0, 0.1) is 5.92 Å². The van der Waals surface area contributed by atoms with Crippen molar-refractivity contribution < 1.29 is 4.79 Å². The number of aryl methyl sites for hydroxylation is 1. The van der Waals surface area contributed by atoms with Crippen LogP contribution in [0.3, 0.4) is 0 Å². The number of piperidine rings is 1. The van der Waals surface area contributed by atoms with Gasteiger partial charge in [0.15, 0.2) is 0 Å². The Morgan fingerprint density at radius 2 is 1.71 bits per heavy atom. The SMILES string of the molecule is CCc1ccc(CNC(=O)C2CCN(c3ccncc3)CC2)cc1. The first-order chi connectivity index (χ1) is 11.8. The molecule has 1 aromatic heterocycles. The molecule has 1 fully saturated rings. The topological polar surface area (TPSA) is 45.2 Å². The summed E-state index contributed by atoms with van der Waals surface area (Å²) in [6, 6.07) is 12.5. The van der Waals surface area contributed by atoms with Crippen molar-refractivity contribution in [1.29, 1.82) is 0 Å². The van der Waals surface area contributed by atoms with Crippen LogP contribution in [-0.2, 0) is 17.8 Å². The van der Waals surface area contributed by atoms with E-state index in [4.69, 9.17) is 0 Å². The van der Waals surface area contributed by atoms with Gasteiger partial charge in [0, 0.05) is 43.6 Å². The van der Waals surface area contributed by atoms with E-state index in [0.717, 1.165) is 37.9 Å². The number of carbonyl (C=O) groups is 1. The lowest BCUT2D eigenvalue weighted by Crippen LogP contribution is -2.40. The largest absolute Gasteiger partial charge is 0.371 e. The molecule has 0 aliphatic carbocycles. The second-order valence-electron chi connectivity index (χ2n) is 6.35. The van der Waals surface area contributed by atoms with Gasteiger partial charge in [0.2, 0.25) is 5.91 Å². The van der Waals surface area contributed by atoms with Crippen molar-refractivity contribution in [3.8, 4) is 0 Å². The molecule has 2 heterocycles. The van der Waals surface area contributed by atoms with Gasteiger partial charge >= 0.3 is 0 Å². The monoisotopic (exact) mass is 323 g/mol. The van der Waals surface area contributed by atoms with E-state index in [1.807, 2.05) is 24.5 Å². The first-order valence-electron chi connectivity index (χ1n) is 8.76. The summed E-state index contributed by atoms with van der Waals surface area (Å²) in [6.45, 7) is 4.61. The van der Waals surface area contributed by atoms with E-state index in [1.54, 1.807) is 0 Å². The number of carbonyl (C=O) groups excluding carboxylic acids is 1. The third kappa shape index (κ3) is 4.13. The van der Waals surface area contributed by atoms with Crippen molar-refractivity contribution >= 4 is 11.6 Å². The quantitative estimate of drug-likeness (QED) is 0.919. The molecule has 1 aromatic carbocycles. The minimum Gasteiger partial charge on any atom is -0.371 e. The Labute approximate surface area is 143 Å². The van der Waals surface area contributed by atoms with Crippen molar-refractivity contribution in [3.05, 3.63) is 59.9 Å². The molecule has 126 valence electrons. The van der Waals surface area contributed by atoms with Gasteiger partial charge in [-0.2, -0.15) is 0 Å². The van der Waals surface area contributed by atoms with Crippen LogP contribution >= 0.6 is 0 Å². The molecule has 0 radical (unpaired) electrons. The Kier molecular flexibility index (Phi) is 5.47. The fourth-order valence-electron chi connectivity index (χ4n) is 3.18. The van der Waals surface area contributed by atoms with Crippen LogP contribution in [0.1, 0.15) is 30.9 Å². The lowest BCUT2D eigenvalue weighted by atomic mass is 9.95. The fourth-order valence-corrected chi connectivity index (χ4v) is 3.18. The average molecular weight is 323 g/mol. The summed E-state index contributed by atoms with van der Waals surface area (Å²) < 4.78 is 0. The third-order valence-corrected chi connectivity index (χ3v) is 4.79. The van der Waals surface area contributed by atoms with Crippen LogP contribution in [0.15, 0.2) is 48.8 Å². The van der Waals surface area contributed by atoms with Gasteiger partial charge in [0.1, 0.15) is 0 Å². The summed E-state index contributed by atoms with van der Waals surface area (Å²) in [5.74, 6) is 0.307. The van der Waals surface area contributed by atoms with Crippen LogP contribution in [0.5, 0.6) is 0 Å². The molecular weight excluding hydrogens is 298 g/mol. The molecule has 0 spiro atoms. The van der Waals surface area contributed by atoms with Gasteiger partial charge in [0.05, 0.1) is 0 Å². The summed E-state index contributed by atoms with van der Waals surface area (Å²) >= 11 is 0. The summed E-state index contributed by atoms with van der Waals surface area (Å²) in [4.78, 5) is 18.8. The van der Waals surface area contributed by atoms with Crippen LogP contribution in [0.2, 0.25) is 0 Å². The zero-order chi connectivity index (χ0) is 16.8. The molecule has 1 N–H and O–H groups in total. The number of nitrogens with one attached hydrogen (secondary N) is 1. The Morgan fingerprint density at radius 3 is 2.33 bits per heavy atom. The number of benzene rings is 1. The molecule has 0 unspecified atom stereocenters. The maximum absolute atomic E-state index is 12.4. The summed E-state index contributed by atoms with van der Waals surface area (Å²) in [5, 5.41) is 3.09. The van der Waals surface area contributed by atoms with Crippen LogP contribution in [0.25, 0.3) is 0 Å². The van der Waals surface area contributed by atoms with Crippen molar-refractivity contribution in [1.82, 2.24) is 10.3 Å². The molecule has 2 aromatic rings. The predicted molar refractivity (Wildman–Crippen MR) is 96.8 cm³/mol. The van der Waals surface area contributed by atoms with Gasteiger partial charge in [-0.15, -0.1) is 0 Å². The number of rotatable bonds is 5. The van der Waals surface area contributed by atoms with E-state index in [1.165, 1.54) is 11.3 Å². The lowest BCUT2D eigenvalue weighted by Gasteiger charge is -2.32. The van der Waals surface area contributed by atoms with E-state index in [-0.39, 0.29) is 11.8 Å². The van der Waals surface area contributed by atoms with Crippen molar-refractivity contribution in [2.45, 2.75) is 32.7 Å². The molecule has 4 nitrogen and oxygen atoms in total. The molecule has 1 aliphatic rings. The van der Waals surface area contributed by atoms with Gasteiger partial charge in [-0.3, -0.25) is 9.78 Å². The number of hydrogen-bond donors (Lipinski definition) is 1. The Bertz CT molecular complexity index is 646. The molecule has 0 bridgehead atoms. The Morgan fingerprint density at radius 1 is 1.08 bits per heavy atom.